The lowest BCUT2D eigenvalue weighted by atomic mass is 9.93. The number of carboxylic acids is 1. The van der Waals surface area contributed by atoms with E-state index in [4.69, 9.17) is 9.47 Å². The van der Waals surface area contributed by atoms with Crippen molar-refractivity contribution < 1.29 is 19.4 Å². The molecule has 1 aliphatic carbocycles. The Morgan fingerprint density at radius 2 is 1.86 bits per heavy atom. The second kappa shape index (κ2) is 11.2. The zero-order valence-corrected chi connectivity index (χ0v) is 22.3. The fourth-order valence-corrected chi connectivity index (χ4v) is 6.52. The second-order valence-corrected chi connectivity index (χ2v) is 11.2. The van der Waals surface area contributed by atoms with Crippen LogP contribution in [0.3, 0.4) is 0 Å². The third-order valence-electron chi connectivity index (χ3n) is 8.42. The number of carbonyl (C=O) groups is 1. The Labute approximate surface area is 220 Å². The number of hydrogen-bond acceptors (Lipinski definition) is 7. The van der Waals surface area contributed by atoms with Crippen LogP contribution in [0.15, 0.2) is 30.6 Å². The van der Waals surface area contributed by atoms with Crippen LogP contribution in [0.5, 0.6) is 11.8 Å². The quantitative estimate of drug-likeness (QED) is 0.525. The highest BCUT2D eigenvalue weighted by molar-refractivity contribution is 5.69. The van der Waals surface area contributed by atoms with Crippen LogP contribution in [0.2, 0.25) is 0 Å². The van der Waals surface area contributed by atoms with E-state index in [2.05, 4.69) is 39.7 Å². The van der Waals surface area contributed by atoms with Crippen LogP contribution in [0.1, 0.15) is 70.3 Å². The van der Waals surface area contributed by atoms with Gasteiger partial charge < -0.3 is 24.4 Å². The molecule has 3 aliphatic rings. The van der Waals surface area contributed by atoms with E-state index in [-0.39, 0.29) is 18.6 Å². The first kappa shape index (κ1) is 25.6. The van der Waals surface area contributed by atoms with E-state index >= 15 is 0 Å². The molecule has 2 unspecified atom stereocenters. The van der Waals surface area contributed by atoms with Gasteiger partial charge in [-0.05, 0) is 42.7 Å². The van der Waals surface area contributed by atoms with Crippen LogP contribution < -0.4 is 19.3 Å². The maximum absolute atomic E-state index is 11.3. The van der Waals surface area contributed by atoms with Crippen molar-refractivity contribution in [3.05, 3.63) is 36.2 Å². The topological polar surface area (TPSA) is 88.0 Å². The van der Waals surface area contributed by atoms with Gasteiger partial charge in [-0.2, -0.15) is 0 Å². The number of rotatable bonds is 8. The molecular weight excluding hydrogens is 468 g/mol. The Hall–Kier alpha value is -3.03. The van der Waals surface area contributed by atoms with Gasteiger partial charge in [0, 0.05) is 62.0 Å². The zero-order chi connectivity index (χ0) is 25.9. The van der Waals surface area contributed by atoms with Crippen LogP contribution in [0.4, 0.5) is 11.4 Å². The van der Waals surface area contributed by atoms with Crippen molar-refractivity contribution in [2.24, 2.45) is 11.8 Å². The lowest BCUT2D eigenvalue weighted by molar-refractivity contribution is -0.137. The van der Waals surface area contributed by atoms with E-state index in [1.165, 1.54) is 36.9 Å². The van der Waals surface area contributed by atoms with Gasteiger partial charge in [0.2, 0.25) is 11.8 Å². The largest absolute Gasteiger partial charge is 0.481 e. The highest BCUT2D eigenvalue weighted by Crippen LogP contribution is 2.41. The number of methoxy groups -OCH3 is 1. The molecule has 8 nitrogen and oxygen atoms in total. The normalized spacial score (nSPS) is 26.5. The van der Waals surface area contributed by atoms with Gasteiger partial charge in [0.05, 0.1) is 25.4 Å². The summed E-state index contributed by atoms with van der Waals surface area (Å²) < 4.78 is 11.8. The molecule has 4 atom stereocenters. The predicted octanol–water partition coefficient (Wildman–Crippen LogP) is 5.13. The van der Waals surface area contributed by atoms with E-state index in [0.717, 1.165) is 38.2 Å². The Morgan fingerprint density at radius 3 is 2.54 bits per heavy atom. The molecule has 0 bridgehead atoms. The number of ether oxygens (including phenoxy) is 2. The fraction of sp³-hybridized carbons (Fsp3) is 0.621. The molecule has 2 aromatic rings. The number of carboxylic acid groups (broad SMARTS) is 1. The summed E-state index contributed by atoms with van der Waals surface area (Å²) in [5, 5.41) is 9.29. The lowest BCUT2D eigenvalue weighted by Gasteiger charge is -2.39. The highest BCUT2D eigenvalue weighted by Gasteiger charge is 2.33. The lowest BCUT2D eigenvalue weighted by Crippen LogP contribution is -2.45. The number of piperidine rings is 1. The Balaban J connectivity index is 1.23. The van der Waals surface area contributed by atoms with Crippen LogP contribution >= 0.6 is 0 Å². The SMILES string of the molecule is COc1cc(N2CCC(Oc3ccc(N4C[C@H](C)C[C@@H]4CC(=O)O)cn3)C(C)C2)c(C2CCCC2)cn1. The summed E-state index contributed by atoms with van der Waals surface area (Å²) in [5.74, 6) is 1.96. The van der Waals surface area contributed by atoms with Crippen molar-refractivity contribution in [1.82, 2.24) is 9.97 Å². The molecule has 1 N–H and O–H groups in total. The fourth-order valence-electron chi connectivity index (χ4n) is 6.52. The molecule has 0 aromatic carbocycles. The molecule has 37 heavy (non-hydrogen) atoms. The minimum absolute atomic E-state index is 0.0198. The third kappa shape index (κ3) is 5.78. The smallest absolute Gasteiger partial charge is 0.305 e. The predicted molar refractivity (Wildman–Crippen MR) is 144 cm³/mol. The van der Waals surface area contributed by atoms with Crippen LogP contribution in [-0.4, -0.2) is 59.9 Å². The summed E-state index contributed by atoms with van der Waals surface area (Å²) in [4.78, 5) is 25.1. The molecule has 1 saturated carbocycles. The van der Waals surface area contributed by atoms with Crippen molar-refractivity contribution in [3.63, 3.8) is 0 Å². The summed E-state index contributed by atoms with van der Waals surface area (Å²) in [6, 6.07) is 6.08. The van der Waals surface area contributed by atoms with E-state index in [0.29, 0.717) is 29.5 Å². The van der Waals surface area contributed by atoms with Crippen molar-refractivity contribution >= 4 is 17.3 Å². The van der Waals surface area contributed by atoms with Crippen molar-refractivity contribution in [2.75, 3.05) is 36.5 Å². The highest BCUT2D eigenvalue weighted by atomic mass is 16.5. The van der Waals surface area contributed by atoms with Crippen LogP contribution in [-0.2, 0) is 4.79 Å². The second-order valence-electron chi connectivity index (χ2n) is 11.2. The molecule has 0 amide bonds. The summed E-state index contributed by atoms with van der Waals surface area (Å²) in [6.07, 6.45) is 11.0. The summed E-state index contributed by atoms with van der Waals surface area (Å²) >= 11 is 0. The van der Waals surface area contributed by atoms with Gasteiger partial charge >= 0.3 is 5.97 Å². The van der Waals surface area contributed by atoms with Crippen LogP contribution in [0.25, 0.3) is 0 Å². The average molecular weight is 509 g/mol. The van der Waals surface area contributed by atoms with Gasteiger partial charge in [-0.25, -0.2) is 9.97 Å². The minimum Gasteiger partial charge on any atom is -0.481 e. The van der Waals surface area contributed by atoms with E-state index in [1.54, 1.807) is 7.11 Å². The molecule has 2 saturated heterocycles. The van der Waals surface area contributed by atoms with E-state index in [1.807, 2.05) is 24.5 Å². The van der Waals surface area contributed by atoms with Crippen molar-refractivity contribution in [3.8, 4) is 11.8 Å². The van der Waals surface area contributed by atoms with Crippen LogP contribution in [0, 0.1) is 11.8 Å². The van der Waals surface area contributed by atoms with Crippen molar-refractivity contribution in [1.29, 1.82) is 0 Å². The summed E-state index contributed by atoms with van der Waals surface area (Å²) in [7, 11) is 1.68. The molecular formula is C29H40N4O4. The Bertz CT molecular complexity index is 1070. The number of aliphatic carboxylic acids is 1. The maximum atomic E-state index is 11.3. The third-order valence-corrected chi connectivity index (χ3v) is 8.42. The molecule has 3 fully saturated rings. The minimum atomic E-state index is -0.752. The van der Waals surface area contributed by atoms with Gasteiger partial charge in [-0.3, -0.25) is 4.79 Å². The van der Waals surface area contributed by atoms with Gasteiger partial charge in [-0.1, -0.05) is 26.7 Å². The number of nitrogens with zero attached hydrogens (tertiary/aromatic N) is 4. The number of hydrogen-bond donors (Lipinski definition) is 1. The van der Waals surface area contributed by atoms with Gasteiger partial charge in [0.15, 0.2) is 0 Å². The molecule has 2 aliphatic heterocycles. The maximum Gasteiger partial charge on any atom is 0.305 e. The molecule has 8 heteroatoms. The molecule has 0 radical (unpaired) electrons. The molecule has 2 aromatic heterocycles. The van der Waals surface area contributed by atoms with Crippen molar-refractivity contribution in [2.45, 2.75) is 76.9 Å². The monoisotopic (exact) mass is 508 g/mol. The number of pyridine rings is 2. The zero-order valence-electron chi connectivity index (χ0n) is 22.3. The molecule has 4 heterocycles. The van der Waals surface area contributed by atoms with E-state index < -0.39 is 5.97 Å². The summed E-state index contributed by atoms with van der Waals surface area (Å²) in [5.41, 5.74) is 3.60. The summed E-state index contributed by atoms with van der Waals surface area (Å²) in [6.45, 7) is 7.12. The average Bonchev–Trinajstić information content (AvgIpc) is 3.55. The van der Waals surface area contributed by atoms with Gasteiger partial charge in [0.1, 0.15) is 6.10 Å². The molecule has 5 rings (SSSR count). The number of aromatic nitrogens is 2. The molecule has 200 valence electrons. The van der Waals surface area contributed by atoms with Gasteiger partial charge in [0.25, 0.3) is 0 Å². The first-order chi connectivity index (χ1) is 17.9. The van der Waals surface area contributed by atoms with Gasteiger partial charge in [-0.15, -0.1) is 0 Å². The Kier molecular flexibility index (Phi) is 7.72. The first-order valence-electron chi connectivity index (χ1n) is 13.8. The first-order valence-corrected chi connectivity index (χ1v) is 13.8. The Morgan fingerprint density at radius 1 is 1.08 bits per heavy atom. The standard InChI is InChI=1S/C29H40N4O4/c1-19-12-23(13-29(34)35)33(17-19)22-8-9-27(30-15-22)37-26-10-11-32(18-20(26)2)25-14-28(36-3)31-16-24(25)21-6-4-5-7-21/h8-9,14-16,19-21,23,26H,4-7,10-13,17-18H2,1-3H3,(H,34,35)/t19-,20?,23-,26?/m1/s1. The molecule has 0 spiro atoms. The van der Waals surface area contributed by atoms with E-state index in [9.17, 15) is 9.90 Å². The number of anilines is 2.